The molecule has 18 heavy (non-hydrogen) atoms. The third kappa shape index (κ3) is 2.48. The van der Waals surface area contributed by atoms with E-state index in [1.54, 1.807) is 26.0 Å². The quantitative estimate of drug-likeness (QED) is 0.732. The fourth-order valence-electron chi connectivity index (χ4n) is 1.84. The van der Waals surface area contributed by atoms with Gasteiger partial charge in [-0.25, -0.2) is 4.39 Å². The van der Waals surface area contributed by atoms with Crippen molar-refractivity contribution >= 4 is 5.78 Å². The molecule has 0 amide bonds. The average molecular weight is 242 g/mol. The van der Waals surface area contributed by atoms with Crippen molar-refractivity contribution in [2.45, 2.75) is 13.8 Å². The highest BCUT2D eigenvalue weighted by molar-refractivity contribution is 5.98. The van der Waals surface area contributed by atoms with Gasteiger partial charge in [0.05, 0.1) is 5.56 Å². The van der Waals surface area contributed by atoms with E-state index in [0.717, 1.165) is 11.1 Å². The minimum Gasteiger partial charge on any atom is -0.294 e. The zero-order valence-electron chi connectivity index (χ0n) is 10.5. The zero-order valence-corrected chi connectivity index (χ0v) is 10.5. The molecule has 0 radical (unpaired) electrons. The summed E-state index contributed by atoms with van der Waals surface area (Å²) in [6.45, 7) is 3.55. The zero-order chi connectivity index (χ0) is 13.1. The van der Waals surface area contributed by atoms with Gasteiger partial charge in [0.2, 0.25) is 0 Å². The van der Waals surface area contributed by atoms with Gasteiger partial charge in [-0.3, -0.25) is 4.79 Å². The molecular formula is C16H15FO. The van der Waals surface area contributed by atoms with Gasteiger partial charge in [-0.05, 0) is 23.3 Å². The van der Waals surface area contributed by atoms with Crippen LogP contribution in [0.5, 0.6) is 0 Å². The molecule has 0 atom stereocenters. The van der Waals surface area contributed by atoms with Crippen LogP contribution in [0.4, 0.5) is 4.39 Å². The molecular weight excluding hydrogens is 227 g/mol. The summed E-state index contributed by atoms with van der Waals surface area (Å²) in [6, 6.07) is 14.3. The Morgan fingerprint density at radius 3 is 2.28 bits per heavy atom. The molecule has 0 spiro atoms. The lowest BCUT2D eigenvalue weighted by atomic mass is 9.96. The predicted molar refractivity (Wildman–Crippen MR) is 71.0 cm³/mol. The number of benzene rings is 2. The second-order valence-electron chi connectivity index (χ2n) is 4.58. The Hall–Kier alpha value is -1.96. The number of carbonyl (C=O) groups excluding carboxylic acids is 1. The van der Waals surface area contributed by atoms with Crippen LogP contribution in [0.15, 0.2) is 48.5 Å². The molecule has 0 bridgehead atoms. The lowest BCUT2D eigenvalue weighted by Gasteiger charge is -2.08. The summed E-state index contributed by atoms with van der Waals surface area (Å²) in [5, 5.41) is 0. The highest BCUT2D eigenvalue weighted by Crippen LogP contribution is 2.23. The van der Waals surface area contributed by atoms with E-state index in [-0.39, 0.29) is 17.3 Å². The monoisotopic (exact) mass is 242 g/mol. The van der Waals surface area contributed by atoms with Gasteiger partial charge >= 0.3 is 0 Å². The van der Waals surface area contributed by atoms with Crippen LogP contribution < -0.4 is 0 Å². The third-order valence-corrected chi connectivity index (χ3v) is 2.86. The number of rotatable bonds is 3. The molecule has 0 fully saturated rings. The molecule has 0 heterocycles. The molecule has 0 aromatic heterocycles. The summed E-state index contributed by atoms with van der Waals surface area (Å²) >= 11 is 0. The van der Waals surface area contributed by atoms with E-state index in [2.05, 4.69) is 0 Å². The summed E-state index contributed by atoms with van der Waals surface area (Å²) in [7, 11) is 0. The van der Waals surface area contributed by atoms with Gasteiger partial charge < -0.3 is 0 Å². The van der Waals surface area contributed by atoms with E-state index in [1.165, 1.54) is 6.07 Å². The van der Waals surface area contributed by atoms with Gasteiger partial charge in [-0.1, -0.05) is 50.2 Å². The van der Waals surface area contributed by atoms with Gasteiger partial charge in [-0.2, -0.15) is 0 Å². The van der Waals surface area contributed by atoms with Crippen molar-refractivity contribution in [3.8, 4) is 11.1 Å². The van der Waals surface area contributed by atoms with Crippen LogP contribution in [-0.2, 0) is 0 Å². The molecule has 2 aromatic carbocycles. The summed E-state index contributed by atoms with van der Waals surface area (Å²) < 4.78 is 13.7. The Labute approximate surface area is 106 Å². The van der Waals surface area contributed by atoms with Crippen LogP contribution in [0.25, 0.3) is 11.1 Å². The smallest absolute Gasteiger partial charge is 0.168 e. The van der Waals surface area contributed by atoms with Crippen LogP contribution in [-0.4, -0.2) is 5.78 Å². The van der Waals surface area contributed by atoms with E-state index in [0.29, 0.717) is 0 Å². The molecule has 0 aliphatic heterocycles. The SMILES string of the molecule is CC(C)C(=O)c1cc(-c2ccccc2)ccc1F. The first-order valence-corrected chi connectivity index (χ1v) is 5.99. The fourth-order valence-corrected chi connectivity index (χ4v) is 1.84. The molecule has 1 nitrogen and oxygen atoms in total. The Morgan fingerprint density at radius 2 is 1.67 bits per heavy atom. The summed E-state index contributed by atoms with van der Waals surface area (Å²) in [5.74, 6) is -0.816. The van der Waals surface area contributed by atoms with Gasteiger partial charge in [0.25, 0.3) is 0 Å². The van der Waals surface area contributed by atoms with Crippen LogP contribution in [0, 0.1) is 11.7 Å². The molecule has 0 saturated heterocycles. The summed E-state index contributed by atoms with van der Waals surface area (Å²) in [5.41, 5.74) is 2.02. The minimum absolute atomic E-state index is 0.162. The largest absolute Gasteiger partial charge is 0.294 e. The normalized spacial score (nSPS) is 10.7. The second kappa shape index (κ2) is 5.13. The van der Waals surface area contributed by atoms with Gasteiger partial charge in [-0.15, -0.1) is 0 Å². The van der Waals surface area contributed by atoms with Gasteiger partial charge in [0, 0.05) is 5.92 Å². The number of carbonyl (C=O) groups is 1. The second-order valence-corrected chi connectivity index (χ2v) is 4.58. The summed E-state index contributed by atoms with van der Waals surface area (Å²) in [4.78, 5) is 11.9. The molecule has 0 unspecified atom stereocenters. The van der Waals surface area contributed by atoms with Crippen LogP contribution in [0.2, 0.25) is 0 Å². The van der Waals surface area contributed by atoms with E-state index in [4.69, 9.17) is 0 Å². The molecule has 2 heteroatoms. The molecule has 0 aliphatic carbocycles. The number of Topliss-reactive ketones (excluding diaryl/α,β-unsaturated/α-hetero) is 1. The minimum atomic E-state index is -0.451. The molecule has 0 saturated carbocycles. The Kier molecular flexibility index (Phi) is 3.56. The van der Waals surface area contributed by atoms with Crippen molar-refractivity contribution in [3.63, 3.8) is 0 Å². The number of hydrogen-bond donors (Lipinski definition) is 0. The predicted octanol–water partition coefficient (Wildman–Crippen LogP) is 4.33. The highest BCUT2D eigenvalue weighted by atomic mass is 19.1. The van der Waals surface area contributed by atoms with E-state index in [9.17, 15) is 9.18 Å². The lowest BCUT2D eigenvalue weighted by molar-refractivity contribution is 0.0935. The molecule has 0 N–H and O–H groups in total. The van der Waals surface area contributed by atoms with Crippen molar-refractivity contribution in [1.29, 1.82) is 0 Å². The van der Waals surface area contributed by atoms with Gasteiger partial charge in [0.15, 0.2) is 5.78 Å². The van der Waals surface area contributed by atoms with Crippen LogP contribution >= 0.6 is 0 Å². The van der Waals surface area contributed by atoms with Crippen molar-refractivity contribution in [3.05, 3.63) is 59.9 Å². The maximum atomic E-state index is 13.7. The first kappa shape index (κ1) is 12.5. The van der Waals surface area contributed by atoms with Crippen LogP contribution in [0.1, 0.15) is 24.2 Å². The third-order valence-electron chi connectivity index (χ3n) is 2.86. The Bertz CT molecular complexity index is 559. The van der Waals surface area contributed by atoms with E-state index in [1.807, 2.05) is 30.3 Å². The highest BCUT2D eigenvalue weighted by Gasteiger charge is 2.15. The van der Waals surface area contributed by atoms with Crippen molar-refractivity contribution in [2.75, 3.05) is 0 Å². The topological polar surface area (TPSA) is 17.1 Å². The van der Waals surface area contributed by atoms with E-state index < -0.39 is 5.82 Å². The summed E-state index contributed by atoms with van der Waals surface area (Å²) in [6.07, 6.45) is 0. The first-order valence-electron chi connectivity index (χ1n) is 5.99. The lowest BCUT2D eigenvalue weighted by Crippen LogP contribution is -2.09. The molecule has 0 aliphatic rings. The van der Waals surface area contributed by atoms with Crippen LogP contribution in [0.3, 0.4) is 0 Å². The molecule has 92 valence electrons. The molecule has 2 aromatic rings. The fraction of sp³-hybridized carbons (Fsp3) is 0.188. The van der Waals surface area contributed by atoms with Crippen molar-refractivity contribution in [1.82, 2.24) is 0 Å². The van der Waals surface area contributed by atoms with Gasteiger partial charge in [0.1, 0.15) is 5.82 Å². The first-order chi connectivity index (χ1) is 8.59. The molecule has 2 rings (SSSR count). The Morgan fingerprint density at radius 1 is 1.00 bits per heavy atom. The Balaban J connectivity index is 2.48. The average Bonchev–Trinajstić information content (AvgIpc) is 2.39. The number of hydrogen-bond acceptors (Lipinski definition) is 1. The standard InChI is InChI=1S/C16H15FO/c1-11(2)16(18)14-10-13(8-9-15(14)17)12-6-4-3-5-7-12/h3-11H,1-2H3. The van der Waals surface area contributed by atoms with Crippen molar-refractivity contribution < 1.29 is 9.18 Å². The number of ketones is 1. The maximum Gasteiger partial charge on any atom is 0.168 e. The van der Waals surface area contributed by atoms with Crippen molar-refractivity contribution in [2.24, 2.45) is 5.92 Å². The van der Waals surface area contributed by atoms with E-state index >= 15 is 0 Å². The maximum absolute atomic E-state index is 13.7. The number of halogens is 1.